The van der Waals surface area contributed by atoms with E-state index in [9.17, 15) is 18.0 Å². The largest absolute Gasteiger partial charge is 0.481 e. The van der Waals surface area contributed by atoms with Crippen molar-refractivity contribution in [2.75, 3.05) is 12.4 Å². The summed E-state index contributed by atoms with van der Waals surface area (Å²) in [6.45, 7) is 2.88. The molecule has 7 heteroatoms. The summed E-state index contributed by atoms with van der Waals surface area (Å²) in [5.74, 6) is -2.67. The predicted octanol–water partition coefficient (Wildman–Crippen LogP) is 2.39. The summed E-state index contributed by atoms with van der Waals surface area (Å²) in [7, 11) is -3.92. The van der Waals surface area contributed by atoms with Gasteiger partial charge in [-0.3, -0.25) is 9.59 Å². The van der Waals surface area contributed by atoms with Crippen LogP contribution in [0, 0.1) is 5.92 Å². The summed E-state index contributed by atoms with van der Waals surface area (Å²) in [6.07, 6.45) is 1.67. The number of carbonyl (C=O) groups is 2. The molecule has 2 rings (SSSR count). The van der Waals surface area contributed by atoms with Crippen molar-refractivity contribution in [3.8, 4) is 0 Å². The molecule has 0 spiro atoms. The first kappa shape index (κ1) is 19.4. The number of hydrogen-bond acceptors (Lipinski definition) is 5. The SMILES string of the molecule is CC(C)(C(=O)OCC1CC1)S(=O)(=O)CC(CC(=O)O)c1ccccc1. The molecule has 0 amide bonds. The van der Waals surface area contributed by atoms with Crippen LogP contribution in [0.1, 0.15) is 44.6 Å². The zero-order valence-electron chi connectivity index (χ0n) is 14.5. The Labute approximate surface area is 148 Å². The fourth-order valence-electron chi connectivity index (χ4n) is 2.46. The van der Waals surface area contributed by atoms with Crippen LogP contribution in [0.15, 0.2) is 30.3 Å². The fraction of sp³-hybridized carbons (Fsp3) is 0.556. The van der Waals surface area contributed by atoms with Gasteiger partial charge < -0.3 is 9.84 Å². The Morgan fingerprint density at radius 3 is 2.36 bits per heavy atom. The lowest BCUT2D eigenvalue weighted by Crippen LogP contribution is -2.44. The minimum absolute atomic E-state index is 0.245. The van der Waals surface area contributed by atoms with Gasteiger partial charge in [-0.15, -0.1) is 0 Å². The molecule has 1 atom stereocenters. The van der Waals surface area contributed by atoms with Crippen molar-refractivity contribution in [1.82, 2.24) is 0 Å². The first-order valence-corrected chi connectivity index (χ1v) is 9.95. The summed E-state index contributed by atoms with van der Waals surface area (Å²) in [4.78, 5) is 23.4. The lowest BCUT2D eigenvalue weighted by molar-refractivity contribution is -0.146. The maximum atomic E-state index is 12.8. The molecule has 0 aromatic heterocycles. The smallest absolute Gasteiger partial charge is 0.326 e. The van der Waals surface area contributed by atoms with Crippen LogP contribution in [0.3, 0.4) is 0 Å². The molecule has 1 N–H and O–H groups in total. The molecule has 6 nitrogen and oxygen atoms in total. The van der Waals surface area contributed by atoms with Crippen LogP contribution in [0.2, 0.25) is 0 Å². The number of sulfone groups is 1. The molecule has 1 aromatic carbocycles. The van der Waals surface area contributed by atoms with Crippen LogP contribution in [-0.4, -0.2) is 42.6 Å². The van der Waals surface area contributed by atoms with Crippen molar-refractivity contribution in [1.29, 1.82) is 0 Å². The minimum Gasteiger partial charge on any atom is -0.481 e. The molecule has 25 heavy (non-hydrogen) atoms. The van der Waals surface area contributed by atoms with Gasteiger partial charge in [0.1, 0.15) is 0 Å². The van der Waals surface area contributed by atoms with E-state index in [1.807, 2.05) is 0 Å². The van der Waals surface area contributed by atoms with Gasteiger partial charge in [-0.1, -0.05) is 30.3 Å². The van der Waals surface area contributed by atoms with Crippen LogP contribution in [0.4, 0.5) is 0 Å². The van der Waals surface area contributed by atoms with Gasteiger partial charge in [0.15, 0.2) is 14.6 Å². The van der Waals surface area contributed by atoms with Crippen molar-refractivity contribution >= 4 is 21.8 Å². The number of rotatable bonds is 9. The number of ether oxygens (including phenoxy) is 1. The van der Waals surface area contributed by atoms with E-state index in [0.29, 0.717) is 11.5 Å². The topological polar surface area (TPSA) is 97.7 Å². The van der Waals surface area contributed by atoms with Gasteiger partial charge >= 0.3 is 11.9 Å². The monoisotopic (exact) mass is 368 g/mol. The summed E-state index contributed by atoms with van der Waals surface area (Å²) in [6, 6.07) is 8.62. The molecule has 1 fully saturated rings. The van der Waals surface area contributed by atoms with E-state index in [0.717, 1.165) is 12.8 Å². The van der Waals surface area contributed by atoms with E-state index in [4.69, 9.17) is 9.84 Å². The standard InChI is InChI=1S/C18H24O6S/c1-18(2,17(21)24-11-13-8-9-13)25(22,23)12-15(10-16(19)20)14-6-4-3-5-7-14/h3-7,13,15H,8-12H2,1-2H3,(H,19,20). The number of benzene rings is 1. The van der Waals surface area contributed by atoms with Gasteiger partial charge in [-0.05, 0) is 38.2 Å². The highest BCUT2D eigenvalue weighted by Gasteiger charge is 2.45. The molecular formula is C18H24O6S. The number of hydrogen-bond donors (Lipinski definition) is 1. The molecule has 1 aromatic rings. The molecule has 1 unspecified atom stereocenters. The summed E-state index contributed by atoms with van der Waals surface area (Å²) in [5.41, 5.74) is 0.621. The van der Waals surface area contributed by atoms with Crippen LogP contribution in [0.25, 0.3) is 0 Å². The predicted molar refractivity (Wildman–Crippen MR) is 93.0 cm³/mol. The number of carbonyl (C=O) groups excluding carboxylic acids is 1. The van der Waals surface area contributed by atoms with Crippen LogP contribution in [-0.2, 0) is 24.2 Å². The second kappa shape index (κ2) is 7.56. The van der Waals surface area contributed by atoms with Gasteiger partial charge in [0, 0.05) is 5.92 Å². The van der Waals surface area contributed by atoms with Gasteiger partial charge in [-0.25, -0.2) is 8.42 Å². The molecule has 1 saturated carbocycles. The molecule has 0 saturated heterocycles. The lowest BCUT2D eigenvalue weighted by atomic mass is 9.98. The maximum absolute atomic E-state index is 12.8. The Morgan fingerprint density at radius 1 is 1.24 bits per heavy atom. The van der Waals surface area contributed by atoms with E-state index < -0.39 is 38.2 Å². The minimum atomic E-state index is -3.92. The molecule has 138 valence electrons. The second-order valence-corrected chi connectivity index (χ2v) is 9.62. The molecule has 0 heterocycles. The Bertz CT molecular complexity index is 719. The van der Waals surface area contributed by atoms with Crippen molar-refractivity contribution in [3.63, 3.8) is 0 Å². The van der Waals surface area contributed by atoms with Crippen molar-refractivity contribution in [2.24, 2.45) is 5.92 Å². The van der Waals surface area contributed by atoms with Crippen LogP contribution < -0.4 is 0 Å². The van der Waals surface area contributed by atoms with E-state index >= 15 is 0 Å². The molecule has 0 bridgehead atoms. The number of esters is 1. The van der Waals surface area contributed by atoms with Crippen molar-refractivity contribution in [2.45, 2.75) is 43.8 Å². The van der Waals surface area contributed by atoms with Gasteiger partial charge in [-0.2, -0.15) is 0 Å². The molecule has 0 radical (unpaired) electrons. The summed E-state index contributed by atoms with van der Waals surface area (Å²) in [5, 5.41) is 9.12. The molecule has 0 aliphatic heterocycles. The van der Waals surface area contributed by atoms with Crippen molar-refractivity contribution in [3.05, 3.63) is 35.9 Å². The second-order valence-electron chi connectivity index (χ2n) is 7.04. The van der Waals surface area contributed by atoms with Crippen molar-refractivity contribution < 1.29 is 27.9 Å². The molecule has 1 aliphatic carbocycles. The lowest BCUT2D eigenvalue weighted by Gasteiger charge is -2.25. The third-order valence-corrected chi connectivity index (χ3v) is 7.09. The normalized spacial score (nSPS) is 16.2. The van der Waals surface area contributed by atoms with E-state index in [2.05, 4.69) is 0 Å². The first-order chi connectivity index (χ1) is 11.6. The van der Waals surface area contributed by atoms with E-state index in [1.165, 1.54) is 13.8 Å². The van der Waals surface area contributed by atoms with Gasteiger partial charge in [0.25, 0.3) is 0 Å². The van der Waals surface area contributed by atoms with Gasteiger partial charge in [0.05, 0.1) is 18.8 Å². The number of carboxylic acids is 1. The molecule has 1 aliphatic rings. The first-order valence-electron chi connectivity index (χ1n) is 8.29. The highest BCUT2D eigenvalue weighted by atomic mass is 32.2. The average molecular weight is 368 g/mol. The van der Waals surface area contributed by atoms with E-state index in [1.54, 1.807) is 30.3 Å². The zero-order chi connectivity index (χ0) is 18.7. The van der Waals surface area contributed by atoms with Crippen LogP contribution >= 0.6 is 0 Å². The summed E-state index contributed by atoms with van der Waals surface area (Å²) < 4.78 is 29.1. The Hall–Kier alpha value is -1.89. The third-order valence-electron chi connectivity index (χ3n) is 4.53. The molecular weight excluding hydrogens is 344 g/mol. The van der Waals surface area contributed by atoms with Gasteiger partial charge in [0.2, 0.25) is 0 Å². The Morgan fingerprint density at radius 2 is 1.84 bits per heavy atom. The maximum Gasteiger partial charge on any atom is 0.326 e. The Kier molecular flexibility index (Phi) is 5.87. The van der Waals surface area contributed by atoms with Crippen LogP contribution in [0.5, 0.6) is 0 Å². The fourth-order valence-corrected chi connectivity index (χ4v) is 4.03. The quantitative estimate of drug-likeness (QED) is 0.672. The number of carboxylic acid groups (broad SMARTS) is 1. The van der Waals surface area contributed by atoms with E-state index in [-0.39, 0.29) is 13.0 Å². The highest BCUT2D eigenvalue weighted by Crippen LogP contribution is 2.31. The summed E-state index contributed by atoms with van der Waals surface area (Å²) >= 11 is 0. The average Bonchev–Trinajstić information content (AvgIpc) is 3.36. The number of aliphatic carboxylic acids is 1. The highest BCUT2D eigenvalue weighted by molar-refractivity contribution is 7.93. The third kappa shape index (κ3) is 5.04. The Balaban J connectivity index is 2.16. The zero-order valence-corrected chi connectivity index (χ0v) is 15.3.